The Labute approximate surface area is 142 Å². The maximum atomic E-state index is 13.0. The van der Waals surface area contributed by atoms with Gasteiger partial charge in [0.2, 0.25) is 5.91 Å². The zero-order valence-electron chi connectivity index (χ0n) is 13.9. The van der Waals surface area contributed by atoms with Gasteiger partial charge in [0.1, 0.15) is 16.9 Å². The van der Waals surface area contributed by atoms with Crippen LogP contribution >= 0.6 is 11.8 Å². The molecule has 0 radical (unpaired) electrons. The Balaban J connectivity index is 1.84. The third-order valence-corrected chi connectivity index (χ3v) is 6.07. The average Bonchev–Trinajstić information content (AvgIpc) is 3.10. The number of carbonyl (C=O) groups excluding carboxylic acids is 1. The SMILES string of the molecule is COc1ccc(OC)c([C@@H]2SCCN2C(=O)C2CCCCC2)c1. The summed E-state index contributed by atoms with van der Waals surface area (Å²) in [4.78, 5) is 15.0. The number of amides is 1. The standard InChI is InChI=1S/C18H25NO3S/c1-21-14-8-9-16(22-2)15(12-14)18-19(10-11-23-18)17(20)13-6-4-3-5-7-13/h8-9,12-13,18H,3-7,10-11H2,1-2H3/t18-/m0/s1. The Kier molecular flexibility index (Phi) is 5.36. The molecule has 1 aliphatic carbocycles. The van der Waals surface area contributed by atoms with Crippen LogP contribution in [0.15, 0.2) is 18.2 Å². The highest BCUT2D eigenvalue weighted by atomic mass is 32.2. The summed E-state index contributed by atoms with van der Waals surface area (Å²) in [6, 6.07) is 5.83. The van der Waals surface area contributed by atoms with Crippen molar-refractivity contribution in [2.75, 3.05) is 26.5 Å². The van der Waals surface area contributed by atoms with Gasteiger partial charge < -0.3 is 14.4 Å². The Bertz CT molecular complexity index is 557. The van der Waals surface area contributed by atoms with Crippen molar-refractivity contribution in [1.82, 2.24) is 4.90 Å². The summed E-state index contributed by atoms with van der Waals surface area (Å²) >= 11 is 1.81. The number of carbonyl (C=O) groups is 1. The summed E-state index contributed by atoms with van der Waals surface area (Å²) in [7, 11) is 3.34. The van der Waals surface area contributed by atoms with Gasteiger partial charge in [-0.05, 0) is 31.0 Å². The third-order valence-electron chi connectivity index (χ3n) is 4.83. The van der Waals surface area contributed by atoms with Crippen molar-refractivity contribution in [2.45, 2.75) is 37.5 Å². The molecule has 0 aromatic heterocycles. The first kappa shape index (κ1) is 16.5. The highest BCUT2D eigenvalue weighted by molar-refractivity contribution is 7.99. The largest absolute Gasteiger partial charge is 0.497 e. The second-order valence-corrected chi connectivity index (χ2v) is 7.39. The lowest BCUT2D eigenvalue weighted by atomic mass is 9.88. The van der Waals surface area contributed by atoms with E-state index in [1.807, 2.05) is 30.0 Å². The van der Waals surface area contributed by atoms with Crippen molar-refractivity contribution in [3.8, 4) is 11.5 Å². The molecule has 1 saturated heterocycles. The van der Waals surface area contributed by atoms with E-state index in [2.05, 4.69) is 4.90 Å². The summed E-state index contributed by atoms with van der Waals surface area (Å²) in [6.45, 7) is 0.824. The normalized spacial score (nSPS) is 22.2. The van der Waals surface area contributed by atoms with Gasteiger partial charge in [0, 0.05) is 23.8 Å². The predicted octanol–water partition coefficient (Wildman–Crippen LogP) is 3.86. The van der Waals surface area contributed by atoms with Crippen LogP contribution < -0.4 is 9.47 Å². The molecule has 0 spiro atoms. The Morgan fingerprint density at radius 2 is 1.96 bits per heavy atom. The Morgan fingerprint density at radius 1 is 1.17 bits per heavy atom. The van der Waals surface area contributed by atoms with Crippen LogP contribution in [-0.2, 0) is 4.79 Å². The zero-order chi connectivity index (χ0) is 16.2. The quantitative estimate of drug-likeness (QED) is 0.837. The third kappa shape index (κ3) is 3.44. The van der Waals surface area contributed by atoms with Gasteiger partial charge in [-0.1, -0.05) is 19.3 Å². The number of methoxy groups -OCH3 is 2. The van der Waals surface area contributed by atoms with Crippen molar-refractivity contribution in [1.29, 1.82) is 0 Å². The second kappa shape index (κ2) is 7.47. The molecule has 1 amide bonds. The molecule has 0 unspecified atom stereocenters. The number of hydrogen-bond donors (Lipinski definition) is 0. The smallest absolute Gasteiger partial charge is 0.226 e. The van der Waals surface area contributed by atoms with Crippen molar-refractivity contribution in [3.63, 3.8) is 0 Å². The van der Waals surface area contributed by atoms with Crippen LogP contribution in [0.5, 0.6) is 11.5 Å². The first-order valence-corrected chi connectivity index (χ1v) is 9.43. The average molecular weight is 335 g/mol. The van der Waals surface area contributed by atoms with E-state index < -0.39 is 0 Å². The lowest BCUT2D eigenvalue weighted by Gasteiger charge is -2.30. The molecule has 1 heterocycles. The zero-order valence-corrected chi connectivity index (χ0v) is 14.7. The van der Waals surface area contributed by atoms with E-state index in [1.54, 1.807) is 14.2 Å². The number of ether oxygens (including phenoxy) is 2. The number of thioether (sulfide) groups is 1. The summed E-state index contributed by atoms with van der Waals surface area (Å²) in [5.41, 5.74) is 1.04. The fourth-order valence-corrected chi connectivity index (χ4v) is 4.85. The van der Waals surface area contributed by atoms with Crippen molar-refractivity contribution in [2.24, 2.45) is 5.92 Å². The van der Waals surface area contributed by atoms with E-state index >= 15 is 0 Å². The van der Waals surface area contributed by atoms with E-state index in [0.29, 0.717) is 5.91 Å². The summed E-state index contributed by atoms with van der Waals surface area (Å²) < 4.78 is 10.9. The highest BCUT2D eigenvalue weighted by Gasteiger charge is 2.36. The monoisotopic (exact) mass is 335 g/mol. The van der Waals surface area contributed by atoms with Gasteiger partial charge in [-0.2, -0.15) is 0 Å². The second-order valence-electron chi connectivity index (χ2n) is 6.20. The number of rotatable bonds is 4. The minimum Gasteiger partial charge on any atom is -0.497 e. The lowest BCUT2D eigenvalue weighted by molar-refractivity contribution is -0.136. The van der Waals surface area contributed by atoms with Gasteiger partial charge in [-0.25, -0.2) is 0 Å². The molecule has 1 aliphatic heterocycles. The Morgan fingerprint density at radius 3 is 2.65 bits per heavy atom. The molecule has 5 heteroatoms. The molecule has 126 valence electrons. The van der Waals surface area contributed by atoms with Gasteiger partial charge in [-0.3, -0.25) is 4.79 Å². The minimum atomic E-state index is 0.0366. The van der Waals surface area contributed by atoms with Crippen LogP contribution in [0, 0.1) is 5.92 Å². The summed E-state index contributed by atoms with van der Waals surface area (Å²) in [5.74, 6) is 3.14. The summed E-state index contributed by atoms with van der Waals surface area (Å²) in [6.07, 6.45) is 5.73. The van der Waals surface area contributed by atoms with E-state index in [4.69, 9.17) is 9.47 Å². The van der Waals surface area contributed by atoms with E-state index in [0.717, 1.165) is 42.2 Å². The molecule has 3 rings (SSSR count). The molecule has 2 fully saturated rings. The minimum absolute atomic E-state index is 0.0366. The van der Waals surface area contributed by atoms with Gasteiger partial charge in [0.25, 0.3) is 0 Å². The Hall–Kier alpha value is -1.36. The molecule has 1 aromatic carbocycles. The summed E-state index contributed by atoms with van der Waals surface area (Å²) in [5, 5.41) is 0.0366. The fraction of sp³-hybridized carbons (Fsp3) is 0.611. The first-order valence-electron chi connectivity index (χ1n) is 8.38. The first-order chi connectivity index (χ1) is 11.2. The topological polar surface area (TPSA) is 38.8 Å². The van der Waals surface area contributed by atoms with E-state index in [1.165, 1.54) is 19.3 Å². The molecule has 1 saturated carbocycles. The van der Waals surface area contributed by atoms with Crippen LogP contribution in [0.4, 0.5) is 0 Å². The lowest BCUT2D eigenvalue weighted by Crippen LogP contribution is -2.36. The van der Waals surface area contributed by atoms with Gasteiger partial charge in [0.05, 0.1) is 14.2 Å². The van der Waals surface area contributed by atoms with Crippen LogP contribution in [0.3, 0.4) is 0 Å². The van der Waals surface area contributed by atoms with Crippen molar-refractivity contribution >= 4 is 17.7 Å². The molecule has 0 bridgehead atoms. The number of nitrogens with zero attached hydrogens (tertiary/aromatic N) is 1. The maximum Gasteiger partial charge on any atom is 0.226 e. The van der Waals surface area contributed by atoms with Crippen LogP contribution in [0.25, 0.3) is 0 Å². The molecule has 1 aromatic rings. The van der Waals surface area contributed by atoms with Crippen LogP contribution in [-0.4, -0.2) is 37.3 Å². The molecule has 23 heavy (non-hydrogen) atoms. The number of hydrogen-bond acceptors (Lipinski definition) is 4. The van der Waals surface area contributed by atoms with E-state index in [-0.39, 0.29) is 11.3 Å². The molecular formula is C18H25NO3S. The van der Waals surface area contributed by atoms with Crippen molar-refractivity contribution in [3.05, 3.63) is 23.8 Å². The maximum absolute atomic E-state index is 13.0. The van der Waals surface area contributed by atoms with E-state index in [9.17, 15) is 4.79 Å². The van der Waals surface area contributed by atoms with Gasteiger partial charge in [-0.15, -0.1) is 11.8 Å². The fourth-order valence-electron chi connectivity index (χ4n) is 3.57. The number of benzene rings is 1. The molecule has 4 nitrogen and oxygen atoms in total. The molecule has 1 atom stereocenters. The van der Waals surface area contributed by atoms with Crippen LogP contribution in [0.1, 0.15) is 43.0 Å². The predicted molar refractivity (Wildman–Crippen MR) is 93.0 cm³/mol. The molecule has 0 N–H and O–H groups in total. The molecular weight excluding hydrogens is 310 g/mol. The van der Waals surface area contributed by atoms with Crippen LogP contribution in [0.2, 0.25) is 0 Å². The van der Waals surface area contributed by atoms with Gasteiger partial charge in [0.15, 0.2) is 0 Å². The highest BCUT2D eigenvalue weighted by Crippen LogP contribution is 2.44. The molecule has 2 aliphatic rings. The van der Waals surface area contributed by atoms with Crippen molar-refractivity contribution < 1.29 is 14.3 Å². The van der Waals surface area contributed by atoms with Gasteiger partial charge >= 0.3 is 0 Å².